The van der Waals surface area contributed by atoms with Crippen LogP contribution in [0.25, 0.3) is 0 Å². The summed E-state index contributed by atoms with van der Waals surface area (Å²) in [6, 6.07) is 6.28. The number of carboxylic acids is 1. The molecule has 2 rings (SSSR count). The van der Waals surface area contributed by atoms with E-state index in [0.29, 0.717) is 12.4 Å². The number of hydrogen-bond donors (Lipinski definition) is 3. The van der Waals surface area contributed by atoms with Gasteiger partial charge in [-0.15, -0.1) is 10.2 Å². The quantitative estimate of drug-likeness (QED) is 0.682. The van der Waals surface area contributed by atoms with Crippen LogP contribution in [0.15, 0.2) is 24.3 Å². The zero-order chi connectivity index (χ0) is 13.7. The van der Waals surface area contributed by atoms with Crippen molar-refractivity contribution in [3.8, 4) is 0 Å². The minimum Gasteiger partial charge on any atom is -0.478 e. The van der Waals surface area contributed by atoms with Crippen LogP contribution < -0.4 is 5.32 Å². The molecule has 0 fully saturated rings. The topological polar surface area (TPSA) is 121 Å². The lowest BCUT2D eigenvalue weighted by Crippen LogP contribution is -2.25. The maximum Gasteiger partial charge on any atom is 0.335 e. The van der Waals surface area contributed by atoms with Crippen LogP contribution >= 0.6 is 0 Å². The van der Waals surface area contributed by atoms with E-state index in [2.05, 4.69) is 25.9 Å². The minimum atomic E-state index is -0.979. The summed E-state index contributed by atoms with van der Waals surface area (Å²) in [5.74, 6) is -0.893. The first-order valence-corrected chi connectivity index (χ1v) is 5.46. The van der Waals surface area contributed by atoms with Crippen LogP contribution in [0, 0.1) is 0 Å². The van der Waals surface area contributed by atoms with Crippen molar-refractivity contribution in [2.75, 3.05) is 0 Å². The van der Waals surface area contributed by atoms with E-state index in [9.17, 15) is 9.59 Å². The predicted molar refractivity (Wildman–Crippen MR) is 63.1 cm³/mol. The van der Waals surface area contributed by atoms with Gasteiger partial charge in [-0.2, -0.15) is 5.21 Å². The molecule has 2 aromatic rings. The van der Waals surface area contributed by atoms with Crippen molar-refractivity contribution in [1.82, 2.24) is 25.9 Å². The lowest BCUT2D eigenvalue weighted by Gasteiger charge is -2.04. The molecule has 1 heterocycles. The molecular formula is C11H11N5O3. The van der Waals surface area contributed by atoms with Crippen LogP contribution in [0.4, 0.5) is 0 Å². The maximum atomic E-state index is 11.5. The minimum absolute atomic E-state index is 0.0453. The van der Waals surface area contributed by atoms with Gasteiger partial charge >= 0.3 is 5.97 Å². The van der Waals surface area contributed by atoms with E-state index in [-0.39, 0.29) is 17.9 Å². The summed E-state index contributed by atoms with van der Waals surface area (Å²) >= 11 is 0. The second-order valence-corrected chi connectivity index (χ2v) is 3.78. The van der Waals surface area contributed by atoms with Gasteiger partial charge in [-0.05, 0) is 17.7 Å². The number of nitrogens with zero attached hydrogens (tertiary/aromatic N) is 3. The molecule has 1 amide bonds. The van der Waals surface area contributed by atoms with Crippen LogP contribution in [-0.2, 0) is 17.8 Å². The fraction of sp³-hybridized carbons (Fsp3) is 0.182. The fourth-order valence-electron chi connectivity index (χ4n) is 1.43. The third kappa shape index (κ3) is 3.60. The van der Waals surface area contributed by atoms with Crippen molar-refractivity contribution in [3.05, 3.63) is 41.2 Å². The monoisotopic (exact) mass is 261 g/mol. The molecule has 0 unspecified atom stereocenters. The van der Waals surface area contributed by atoms with Crippen molar-refractivity contribution in [2.45, 2.75) is 13.0 Å². The summed E-state index contributed by atoms with van der Waals surface area (Å²) in [6.07, 6.45) is 0.0453. The molecule has 98 valence electrons. The van der Waals surface area contributed by atoms with Gasteiger partial charge in [-0.1, -0.05) is 17.3 Å². The largest absolute Gasteiger partial charge is 0.478 e. The second-order valence-electron chi connectivity index (χ2n) is 3.78. The molecule has 0 atom stereocenters. The SMILES string of the molecule is O=C(Cc1nn[nH]n1)NCc1ccc(C(=O)O)cc1. The zero-order valence-electron chi connectivity index (χ0n) is 9.83. The number of nitrogens with one attached hydrogen (secondary N) is 2. The highest BCUT2D eigenvalue weighted by Crippen LogP contribution is 2.04. The van der Waals surface area contributed by atoms with Gasteiger partial charge < -0.3 is 10.4 Å². The number of carbonyl (C=O) groups excluding carboxylic acids is 1. The molecule has 19 heavy (non-hydrogen) atoms. The second kappa shape index (κ2) is 5.71. The number of aromatic nitrogens is 4. The average molecular weight is 261 g/mol. The van der Waals surface area contributed by atoms with Gasteiger partial charge in [0.05, 0.1) is 12.0 Å². The molecule has 0 aliphatic heterocycles. The Morgan fingerprint density at radius 3 is 2.58 bits per heavy atom. The van der Waals surface area contributed by atoms with Crippen LogP contribution in [0.3, 0.4) is 0 Å². The Hall–Kier alpha value is -2.77. The molecule has 8 heteroatoms. The standard InChI is InChI=1S/C11H11N5O3/c17-10(5-9-13-15-16-14-9)12-6-7-1-3-8(4-2-7)11(18)19/h1-4H,5-6H2,(H,12,17)(H,18,19)(H,13,14,15,16). The highest BCUT2D eigenvalue weighted by Gasteiger charge is 2.07. The number of carbonyl (C=O) groups is 2. The van der Waals surface area contributed by atoms with Crippen LogP contribution in [0.2, 0.25) is 0 Å². The number of amides is 1. The lowest BCUT2D eigenvalue weighted by molar-refractivity contribution is -0.120. The average Bonchev–Trinajstić information content (AvgIpc) is 2.89. The molecule has 0 bridgehead atoms. The van der Waals surface area contributed by atoms with Crippen LogP contribution in [0.5, 0.6) is 0 Å². The summed E-state index contributed by atoms with van der Waals surface area (Å²) < 4.78 is 0. The molecule has 1 aromatic heterocycles. The van der Waals surface area contributed by atoms with Crippen molar-refractivity contribution in [3.63, 3.8) is 0 Å². The summed E-state index contributed by atoms with van der Waals surface area (Å²) in [7, 11) is 0. The third-order valence-corrected chi connectivity index (χ3v) is 2.40. The first-order valence-electron chi connectivity index (χ1n) is 5.46. The van der Waals surface area contributed by atoms with Gasteiger partial charge in [-0.3, -0.25) is 4.79 Å². The van der Waals surface area contributed by atoms with Crippen molar-refractivity contribution < 1.29 is 14.7 Å². The van der Waals surface area contributed by atoms with E-state index < -0.39 is 5.97 Å². The first-order chi connectivity index (χ1) is 9.15. The highest BCUT2D eigenvalue weighted by atomic mass is 16.4. The lowest BCUT2D eigenvalue weighted by atomic mass is 10.1. The summed E-state index contributed by atoms with van der Waals surface area (Å²) in [4.78, 5) is 22.2. The van der Waals surface area contributed by atoms with E-state index in [4.69, 9.17) is 5.11 Å². The molecular weight excluding hydrogens is 250 g/mol. The van der Waals surface area contributed by atoms with Gasteiger partial charge in [0.1, 0.15) is 0 Å². The molecule has 0 radical (unpaired) electrons. The van der Waals surface area contributed by atoms with Gasteiger partial charge in [0.25, 0.3) is 0 Å². The van der Waals surface area contributed by atoms with Crippen LogP contribution in [0.1, 0.15) is 21.7 Å². The number of carboxylic acid groups (broad SMARTS) is 1. The Kier molecular flexibility index (Phi) is 3.81. The van der Waals surface area contributed by atoms with Gasteiger partial charge in [-0.25, -0.2) is 4.79 Å². The Labute approximate surface area is 107 Å². The van der Waals surface area contributed by atoms with E-state index in [1.807, 2.05) is 0 Å². The number of aromatic amines is 1. The molecule has 0 spiro atoms. The Morgan fingerprint density at radius 2 is 2.00 bits per heavy atom. The smallest absolute Gasteiger partial charge is 0.335 e. The Morgan fingerprint density at radius 1 is 1.26 bits per heavy atom. The Bertz CT molecular complexity index is 565. The van der Waals surface area contributed by atoms with E-state index in [1.54, 1.807) is 12.1 Å². The maximum absolute atomic E-state index is 11.5. The van der Waals surface area contributed by atoms with Crippen molar-refractivity contribution in [1.29, 1.82) is 0 Å². The molecule has 3 N–H and O–H groups in total. The number of aromatic carboxylic acids is 1. The molecule has 0 aliphatic carbocycles. The fourth-order valence-corrected chi connectivity index (χ4v) is 1.43. The predicted octanol–water partition coefficient (Wildman–Crippen LogP) is -0.243. The summed E-state index contributed by atoms with van der Waals surface area (Å²) in [5.41, 5.74) is 1.02. The number of hydrogen-bond acceptors (Lipinski definition) is 5. The number of tetrazole rings is 1. The van der Waals surface area contributed by atoms with E-state index in [1.165, 1.54) is 12.1 Å². The highest BCUT2D eigenvalue weighted by molar-refractivity contribution is 5.87. The third-order valence-electron chi connectivity index (χ3n) is 2.40. The molecule has 0 aliphatic rings. The van der Waals surface area contributed by atoms with Crippen molar-refractivity contribution in [2.24, 2.45) is 0 Å². The first kappa shape index (κ1) is 12.7. The number of rotatable bonds is 5. The molecule has 1 aromatic carbocycles. The van der Waals surface area contributed by atoms with E-state index >= 15 is 0 Å². The molecule has 0 saturated carbocycles. The van der Waals surface area contributed by atoms with Gasteiger partial charge in [0.15, 0.2) is 5.82 Å². The number of benzene rings is 1. The molecule has 8 nitrogen and oxygen atoms in total. The summed E-state index contributed by atoms with van der Waals surface area (Å²) in [5, 5.41) is 24.4. The molecule has 0 saturated heterocycles. The zero-order valence-corrected chi connectivity index (χ0v) is 9.83. The van der Waals surface area contributed by atoms with Gasteiger partial charge in [0.2, 0.25) is 5.91 Å². The normalized spacial score (nSPS) is 10.1. The van der Waals surface area contributed by atoms with E-state index in [0.717, 1.165) is 5.56 Å². The van der Waals surface area contributed by atoms with Crippen LogP contribution in [-0.4, -0.2) is 37.6 Å². The van der Waals surface area contributed by atoms with Crippen molar-refractivity contribution >= 4 is 11.9 Å². The summed E-state index contributed by atoms with van der Waals surface area (Å²) in [6.45, 7) is 0.316. The van der Waals surface area contributed by atoms with Gasteiger partial charge in [0, 0.05) is 6.54 Å². The number of H-pyrrole nitrogens is 1. The Balaban J connectivity index is 1.84.